The molecule has 0 spiro atoms. The molecule has 1 aliphatic heterocycles. The van der Waals surface area contributed by atoms with Crippen LogP contribution in [0.3, 0.4) is 0 Å². The molecule has 0 N–H and O–H groups in total. The smallest absolute Gasteiger partial charge is 0.255 e. The number of nitrogens with zero attached hydrogens (tertiary/aromatic N) is 6. The van der Waals surface area contributed by atoms with Crippen LogP contribution in [0.15, 0.2) is 30.7 Å². The average molecular weight is 350 g/mol. The lowest BCUT2D eigenvalue weighted by atomic mass is 10.1. The van der Waals surface area contributed by atoms with Crippen molar-refractivity contribution < 1.29 is 4.79 Å². The third-order valence-corrected chi connectivity index (χ3v) is 4.81. The molecule has 134 valence electrons. The van der Waals surface area contributed by atoms with Crippen molar-refractivity contribution in [1.29, 1.82) is 0 Å². The van der Waals surface area contributed by atoms with E-state index in [9.17, 15) is 4.79 Å². The molecule has 26 heavy (non-hydrogen) atoms. The number of amides is 1. The Morgan fingerprint density at radius 1 is 1.27 bits per heavy atom. The summed E-state index contributed by atoms with van der Waals surface area (Å²) in [6, 6.07) is 3.76. The number of hydrogen-bond acceptors (Lipinski definition) is 5. The predicted molar refractivity (Wildman–Crippen MR) is 97.7 cm³/mol. The maximum absolute atomic E-state index is 13.4. The molecule has 0 aliphatic carbocycles. The van der Waals surface area contributed by atoms with Gasteiger partial charge in [-0.1, -0.05) is 0 Å². The molecule has 1 aliphatic rings. The first kappa shape index (κ1) is 16.6. The molecular weight excluding hydrogens is 328 g/mol. The van der Waals surface area contributed by atoms with E-state index in [1.165, 1.54) is 0 Å². The third kappa shape index (κ3) is 2.73. The van der Waals surface area contributed by atoms with Crippen LogP contribution < -0.4 is 0 Å². The second kappa shape index (κ2) is 6.48. The minimum atomic E-state index is -0.0765. The normalized spacial score (nSPS) is 17.4. The van der Waals surface area contributed by atoms with Crippen LogP contribution in [0.4, 0.5) is 0 Å². The van der Waals surface area contributed by atoms with Gasteiger partial charge in [0.25, 0.3) is 5.91 Å². The highest BCUT2D eigenvalue weighted by Gasteiger charge is 2.33. The van der Waals surface area contributed by atoms with E-state index in [0.29, 0.717) is 17.9 Å². The molecule has 1 unspecified atom stereocenters. The molecule has 1 atom stereocenters. The SMILES string of the molecule is Cc1cc(C(=O)N2CCCC2c2ncccn2)c2cnn(C(C)C)c2n1. The van der Waals surface area contributed by atoms with E-state index in [0.717, 1.165) is 29.6 Å². The molecule has 3 aromatic rings. The van der Waals surface area contributed by atoms with E-state index in [1.807, 2.05) is 22.6 Å². The average Bonchev–Trinajstić information content (AvgIpc) is 3.28. The Morgan fingerprint density at radius 2 is 2.04 bits per heavy atom. The maximum Gasteiger partial charge on any atom is 0.255 e. The van der Waals surface area contributed by atoms with Crippen molar-refractivity contribution in [2.24, 2.45) is 0 Å². The molecule has 0 saturated carbocycles. The van der Waals surface area contributed by atoms with E-state index in [-0.39, 0.29) is 18.0 Å². The second-order valence-corrected chi connectivity index (χ2v) is 6.99. The van der Waals surface area contributed by atoms with Crippen LogP contribution >= 0.6 is 0 Å². The van der Waals surface area contributed by atoms with Crippen LogP contribution in [-0.4, -0.2) is 42.1 Å². The van der Waals surface area contributed by atoms with Crippen molar-refractivity contribution in [2.45, 2.75) is 45.7 Å². The molecule has 1 amide bonds. The summed E-state index contributed by atoms with van der Waals surface area (Å²) in [5.41, 5.74) is 2.23. The summed E-state index contributed by atoms with van der Waals surface area (Å²) in [7, 11) is 0. The summed E-state index contributed by atoms with van der Waals surface area (Å²) in [5.74, 6) is 0.706. The summed E-state index contributed by atoms with van der Waals surface area (Å²) in [5, 5.41) is 5.24. The monoisotopic (exact) mass is 350 g/mol. The Morgan fingerprint density at radius 3 is 2.77 bits per heavy atom. The zero-order chi connectivity index (χ0) is 18.3. The van der Waals surface area contributed by atoms with Crippen molar-refractivity contribution in [3.63, 3.8) is 0 Å². The number of fused-ring (bicyclic) bond motifs is 1. The highest BCUT2D eigenvalue weighted by Crippen LogP contribution is 2.32. The fraction of sp³-hybridized carbons (Fsp3) is 0.421. The lowest BCUT2D eigenvalue weighted by Crippen LogP contribution is -2.31. The van der Waals surface area contributed by atoms with Crippen LogP contribution in [0, 0.1) is 6.92 Å². The summed E-state index contributed by atoms with van der Waals surface area (Å²) in [6.07, 6.45) is 7.04. The molecule has 7 heteroatoms. The lowest BCUT2D eigenvalue weighted by molar-refractivity contribution is 0.0731. The Bertz CT molecular complexity index is 949. The van der Waals surface area contributed by atoms with Crippen LogP contribution in [0.25, 0.3) is 11.0 Å². The van der Waals surface area contributed by atoms with Gasteiger partial charge in [0.15, 0.2) is 11.5 Å². The topological polar surface area (TPSA) is 76.8 Å². The van der Waals surface area contributed by atoms with Crippen molar-refractivity contribution in [3.05, 3.63) is 47.8 Å². The van der Waals surface area contributed by atoms with Gasteiger partial charge in [-0.15, -0.1) is 0 Å². The minimum Gasteiger partial charge on any atom is -0.328 e. The first-order chi connectivity index (χ1) is 12.6. The molecule has 0 aromatic carbocycles. The number of pyridine rings is 1. The maximum atomic E-state index is 13.4. The molecule has 0 radical (unpaired) electrons. The van der Waals surface area contributed by atoms with Crippen LogP contribution in [0.2, 0.25) is 0 Å². The summed E-state index contributed by atoms with van der Waals surface area (Å²) < 4.78 is 1.86. The van der Waals surface area contributed by atoms with E-state index in [2.05, 4.69) is 33.9 Å². The molecule has 3 aromatic heterocycles. The quantitative estimate of drug-likeness (QED) is 0.725. The fourth-order valence-corrected chi connectivity index (χ4v) is 3.61. The molecule has 0 bridgehead atoms. The Balaban J connectivity index is 1.76. The minimum absolute atomic E-state index is 0.00115. The van der Waals surface area contributed by atoms with Gasteiger partial charge in [-0.25, -0.2) is 19.6 Å². The highest BCUT2D eigenvalue weighted by atomic mass is 16.2. The fourth-order valence-electron chi connectivity index (χ4n) is 3.61. The van der Waals surface area contributed by atoms with Gasteiger partial charge < -0.3 is 4.90 Å². The first-order valence-corrected chi connectivity index (χ1v) is 8.99. The highest BCUT2D eigenvalue weighted by molar-refractivity contribution is 6.05. The second-order valence-electron chi connectivity index (χ2n) is 6.99. The molecular formula is C19H22N6O. The number of hydrogen-bond donors (Lipinski definition) is 0. The molecule has 4 rings (SSSR count). The largest absolute Gasteiger partial charge is 0.328 e. The van der Waals surface area contributed by atoms with Gasteiger partial charge in [0, 0.05) is 30.7 Å². The standard InChI is InChI=1S/C19H22N6O/c1-12(2)25-18-15(11-22-25)14(10-13(3)23-18)19(26)24-9-4-6-16(24)17-20-7-5-8-21-17/h5,7-8,10-12,16H,4,6,9H2,1-3H3. The number of likely N-dealkylation sites (tertiary alicyclic amines) is 1. The third-order valence-electron chi connectivity index (χ3n) is 4.81. The molecule has 7 nitrogen and oxygen atoms in total. The Labute approximate surface area is 152 Å². The summed E-state index contributed by atoms with van der Waals surface area (Å²) in [4.78, 5) is 28.6. The lowest BCUT2D eigenvalue weighted by Gasteiger charge is -2.24. The van der Waals surface area contributed by atoms with Gasteiger partial charge in [-0.2, -0.15) is 5.10 Å². The van der Waals surface area contributed by atoms with Crippen LogP contribution in [-0.2, 0) is 0 Å². The van der Waals surface area contributed by atoms with Gasteiger partial charge in [0.2, 0.25) is 0 Å². The number of rotatable bonds is 3. The van der Waals surface area contributed by atoms with Crippen molar-refractivity contribution >= 4 is 16.9 Å². The van der Waals surface area contributed by atoms with Gasteiger partial charge in [-0.05, 0) is 45.7 Å². The first-order valence-electron chi connectivity index (χ1n) is 8.99. The Hall–Kier alpha value is -2.83. The molecule has 4 heterocycles. The van der Waals surface area contributed by atoms with Crippen molar-refractivity contribution in [3.8, 4) is 0 Å². The van der Waals surface area contributed by atoms with Gasteiger partial charge in [-0.3, -0.25) is 4.79 Å². The van der Waals surface area contributed by atoms with Gasteiger partial charge in [0.05, 0.1) is 23.2 Å². The van der Waals surface area contributed by atoms with Crippen LogP contribution in [0.1, 0.15) is 60.6 Å². The van der Waals surface area contributed by atoms with Crippen molar-refractivity contribution in [1.82, 2.24) is 29.6 Å². The number of carbonyl (C=O) groups excluding carboxylic acids is 1. The zero-order valence-electron chi connectivity index (χ0n) is 15.3. The van der Waals surface area contributed by atoms with E-state index in [1.54, 1.807) is 24.7 Å². The predicted octanol–water partition coefficient (Wildman–Crippen LogP) is 3.09. The molecule has 1 saturated heterocycles. The number of aromatic nitrogens is 5. The van der Waals surface area contributed by atoms with Crippen LogP contribution in [0.5, 0.6) is 0 Å². The number of aryl methyl sites for hydroxylation is 1. The molecule has 1 fully saturated rings. The van der Waals surface area contributed by atoms with Crippen molar-refractivity contribution in [2.75, 3.05) is 6.54 Å². The zero-order valence-corrected chi connectivity index (χ0v) is 15.3. The summed E-state index contributed by atoms with van der Waals surface area (Å²) in [6.45, 7) is 6.74. The Kier molecular flexibility index (Phi) is 4.14. The summed E-state index contributed by atoms with van der Waals surface area (Å²) >= 11 is 0. The van der Waals surface area contributed by atoms with Gasteiger partial charge in [0.1, 0.15) is 0 Å². The van der Waals surface area contributed by atoms with E-state index < -0.39 is 0 Å². The van der Waals surface area contributed by atoms with Gasteiger partial charge >= 0.3 is 0 Å². The van der Waals surface area contributed by atoms with E-state index in [4.69, 9.17) is 0 Å². The number of carbonyl (C=O) groups is 1. The van der Waals surface area contributed by atoms with E-state index >= 15 is 0 Å².